The van der Waals surface area contributed by atoms with E-state index in [-0.39, 0.29) is 20.4 Å². The van der Waals surface area contributed by atoms with Gasteiger partial charge in [-0.25, -0.2) is 0 Å². The molecule has 0 saturated heterocycles. The van der Waals surface area contributed by atoms with E-state index < -0.39 is 27.8 Å². The Morgan fingerprint density at radius 1 is 0.388 bits per heavy atom. The quantitative estimate of drug-likeness (QED) is 0.0977. The fraction of sp³-hybridized carbons (Fsp3) is 0.0500. The van der Waals surface area contributed by atoms with Crippen LogP contribution < -0.4 is 43.3 Å². The average molecular weight is 783 g/mol. The monoisotopic (exact) mass is 782 g/mol. The smallest absolute Gasteiger partial charge is 0.300 e. The van der Waals surface area contributed by atoms with Gasteiger partial charge in [0.1, 0.15) is 31.8 Å². The van der Waals surface area contributed by atoms with Crippen LogP contribution in [0.5, 0.6) is 0 Å². The molecule has 0 bridgehead atoms. The van der Waals surface area contributed by atoms with Crippen LogP contribution in [0.2, 0.25) is 0 Å². The molecule has 0 unspecified atom stereocenters. The van der Waals surface area contributed by atoms with Gasteiger partial charge in [0, 0.05) is 45.6 Å². The number of nitrogen functional groups attached to an aromatic ring is 2. The van der Waals surface area contributed by atoms with Crippen molar-refractivity contribution in [2.75, 3.05) is 11.5 Å². The molecule has 0 aromatic heterocycles. The van der Waals surface area contributed by atoms with Gasteiger partial charge in [-0.3, -0.25) is 9.59 Å². The summed E-state index contributed by atoms with van der Waals surface area (Å²) in [7, 11) is -1.90. The number of carbonyl (C=O) groups is 2. The number of nitrogens with two attached hydrogens (primary N) is 2. The molecule has 0 fully saturated rings. The maximum atomic E-state index is 9.00. The molecule has 0 amide bonds. The van der Waals surface area contributed by atoms with E-state index in [1.165, 1.54) is 31.8 Å². The van der Waals surface area contributed by atoms with Gasteiger partial charge in [-0.2, -0.15) is 0 Å². The summed E-state index contributed by atoms with van der Waals surface area (Å²) in [6.45, 7) is 2.17. The van der Waals surface area contributed by atoms with E-state index >= 15 is 0 Å². The van der Waals surface area contributed by atoms with Crippen molar-refractivity contribution < 1.29 is 40.2 Å². The van der Waals surface area contributed by atoms with Gasteiger partial charge in [0.15, 0.2) is 0 Å². The largest absolute Gasteiger partial charge is 0.481 e. The molecule has 0 atom stereocenters. The first-order valence-corrected chi connectivity index (χ1v) is 18.2. The average Bonchev–Trinajstić information content (AvgIpc) is 3.09. The van der Waals surface area contributed by atoms with Crippen molar-refractivity contribution in [3.63, 3.8) is 0 Å². The second-order valence-electron chi connectivity index (χ2n) is 10.5. The summed E-state index contributed by atoms with van der Waals surface area (Å²) < 4.78 is 0. The van der Waals surface area contributed by atoms with E-state index in [9.17, 15) is 0 Å². The summed E-state index contributed by atoms with van der Waals surface area (Å²) in [5, 5.41) is 23.1. The first-order valence-electron chi connectivity index (χ1n) is 15.2. The van der Waals surface area contributed by atoms with Crippen LogP contribution in [-0.2, 0) is 30.0 Å². The molecule has 0 heterocycles. The minimum atomic E-state index is -0.949. The second kappa shape index (κ2) is 22.1. The van der Waals surface area contributed by atoms with Crippen LogP contribution >= 0.6 is 15.8 Å². The summed E-state index contributed by atoms with van der Waals surface area (Å²) >= 11 is 0. The Labute approximate surface area is 305 Å². The van der Waals surface area contributed by atoms with E-state index in [1.54, 1.807) is 0 Å². The predicted octanol–water partition coefficient (Wildman–Crippen LogP) is 5.70. The molecule has 254 valence electrons. The van der Waals surface area contributed by atoms with Gasteiger partial charge in [-0.1, -0.05) is 72.8 Å². The third kappa shape index (κ3) is 14.6. The third-order valence-electron chi connectivity index (χ3n) is 6.65. The van der Waals surface area contributed by atoms with E-state index in [0.717, 1.165) is 25.2 Å². The predicted molar refractivity (Wildman–Crippen MR) is 209 cm³/mol. The molecule has 6 rings (SSSR count). The van der Waals surface area contributed by atoms with Gasteiger partial charge in [0.05, 0.1) is 15.8 Å². The molecule has 6 nitrogen and oxygen atoms in total. The van der Waals surface area contributed by atoms with Crippen molar-refractivity contribution in [3.05, 3.63) is 170 Å². The van der Waals surface area contributed by atoms with Gasteiger partial charge >= 0.3 is 0 Å². The number of carboxylic acids is 2. The molecule has 0 radical (unpaired) electrons. The van der Waals surface area contributed by atoms with Gasteiger partial charge in [0.25, 0.3) is 11.9 Å². The topological polar surface area (TPSA) is 127 Å². The van der Waals surface area contributed by atoms with Crippen LogP contribution in [-0.4, -0.2) is 22.2 Å². The third-order valence-corrected chi connectivity index (χ3v) is 12.1. The zero-order valence-electron chi connectivity index (χ0n) is 27.3. The second-order valence-corrected chi connectivity index (χ2v) is 15.5. The Morgan fingerprint density at radius 3 is 0.735 bits per heavy atom. The summed E-state index contributed by atoms with van der Waals surface area (Å²) in [4.78, 5) is 18.0. The summed E-state index contributed by atoms with van der Waals surface area (Å²) in [5.74, 6) is -1.67. The van der Waals surface area contributed by atoms with E-state index in [2.05, 4.69) is 146 Å². The zero-order chi connectivity index (χ0) is 34.7. The molecule has 0 aliphatic heterocycles. The number of benzene rings is 6. The van der Waals surface area contributed by atoms with Crippen molar-refractivity contribution >= 4 is 71.0 Å². The van der Waals surface area contributed by atoms with Crippen molar-refractivity contribution in [3.8, 4) is 0 Å². The number of hydrogen-bond acceptors (Lipinski definition) is 4. The number of aliphatic carboxylic acids is 2. The van der Waals surface area contributed by atoms with Crippen LogP contribution in [0.4, 0.5) is 11.4 Å². The normalized spacial score (nSPS) is 9.71. The van der Waals surface area contributed by atoms with Gasteiger partial charge in [-0.05, 0) is 97.1 Å². The molecule has 6 N–H and O–H groups in total. The first-order chi connectivity index (χ1) is 23.2. The van der Waals surface area contributed by atoms with Crippen LogP contribution in [0.15, 0.2) is 170 Å². The minimum Gasteiger partial charge on any atom is -0.481 e. The zero-order valence-corrected chi connectivity index (χ0v) is 30.9. The Kier molecular flexibility index (Phi) is 18.3. The van der Waals surface area contributed by atoms with Crippen molar-refractivity contribution in [2.24, 2.45) is 0 Å². The van der Waals surface area contributed by atoms with Crippen molar-refractivity contribution in [1.82, 2.24) is 0 Å². The molecule has 0 saturated carbocycles. The van der Waals surface area contributed by atoms with Crippen molar-refractivity contribution in [1.29, 1.82) is 0 Å². The molecular weight excluding hydrogens is 741 g/mol. The molecule has 0 aliphatic carbocycles. The summed E-state index contributed by atoms with van der Waals surface area (Å²) in [6, 6.07) is 59.5. The Hall–Kier alpha value is -4.62. The maximum absolute atomic E-state index is 9.00. The standard InChI is InChI=1S/2C18H16NP.2C2H4O2.Pd/c2*19-15-11-13-18(14-12-15)20(16-7-3-1-4-8-16)17-9-5-2-6-10-17;2*1-2(3)4;/h2*1-14H,19H2;2*1H3,(H,3,4);/p+2. The maximum Gasteiger partial charge on any atom is 0.300 e. The molecule has 0 spiro atoms. The van der Waals surface area contributed by atoms with E-state index in [0.29, 0.717) is 0 Å². The SMILES string of the molecule is CC(=O)O.CC(=O)O.Nc1ccc([PH+](c2ccccc2)c2ccccc2)cc1.Nc1ccc([PH+](c2ccccc2)c2ccccc2)cc1.[Pd]. The molecule has 6 aromatic rings. The first kappa shape index (κ1) is 40.6. The van der Waals surface area contributed by atoms with E-state index in [1.807, 2.05) is 24.3 Å². The van der Waals surface area contributed by atoms with Gasteiger partial charge in [0.2, 0.25) is 0 Å². The summed E-state index contributed by atoms with van der Waals surface area (Å²) in [5.41, 5.74) is 13.3. The molecule has 6 aromatic carbocycles. The van der Waals surface area contributed by atoms with Crippen LogP contribution in [0.1, 0.15) is 13.8 Å². The molecule has 0 aliphatic rings. The summed E-state index contributed by atoms with van der Waals surface area (Å²) in [6.07, 6.45) is 0. The fourth-order valence-electron chi connectivity index (χ4n) is 4.72. The Bertz CT molecular complexity index is 1570. The van der Waals surface area contributed by atoms with Gasteiger partial charge < -0.3 is 21.7 Å². The van der Waals surface area contributed by atoms with Crippen LogP contribution in [0.25, 0.3) is 0 Å². The number of anilines is 2. The van der Waals surface area contributed by atoms with Gasteiger partial charge in [-0.15, -0.1) is 0 Å². The van der Waals surface area contributed by atoms with Crippen LogP contribution in [0, 0.1) is 0 Å². The molecule has 9 heteroatoms. The van der Waals surface area contributed by atoms with Crippen molar-refractivity contribution in [2.45, 2.75) is 13.8 Å². The Balaban J connectivity index is 0.000000275. The number of carboxylic acid groups (broad SMARTS) is 2. The molecular formula is C40H42N2O4P2Pd+2. The number of hydrogen-bond donors (Lipinski definition) is 4. The van der Waals surface area contributed by atoms with E-state index in [4.69, 9.17) is 31.3 Å². The Morgan fingerprint density at radius 2 is 0.551 bits per heavy atom. The fourth-order valence-corrected chi connectivity index (χ4v) is 9.82. The minimum absolute atomic E-state index is 0. The van der Waals surface area contributed by atoms with Crippen LogP contribution in [0.3, 0.4) is 0 Å². The molecule has 49 heavy (non-hydrogen) atoms. The number of rotatable bonds is 6.